The van der Waals surface area contributed by atoms with Gasteiger partial charge in [0.1, 0.15) is 5.01 Å². The Morgan fingerprint density at radius 3 is 2.95 bits per heavy atom. The molecular weight excluding hydrogens is 274 g/mol. The second-order valence-electron chi connectivity index (χ2n) is 6.06. The number of nitrogens with two attached hydrogens (primary N) is 1. The van der Waals surface area contributed by atoms with E-state index in [0.717, 1.165) is 54.7 Å². The standard InChI is InChI=1S/C13H19N5OS/c14-13(4-1-2-5-13)7-10-17-18-11(9-3-6-19-8-9)15-16-12(18)20-10/h9H,1-8,14H2. The SMILES string of the molecule is NC1(Cc2nn3c(C4CCOC4)nnc3s2)CCCC1. The number of nitrogens with zero attached hydrogens (tertiary/aromatic N) is 4. The Hall–Kier alpha value is -1.05. The van der Waals surface area contributed by atoms with Crippen molar-refractivity contribution in [3.8, 4) is 0 Å². The van der Waals surface area contributed by atoms with Crippen molar-refractivity contribution in [1.82, 2.24) is 19.8 Å². The summed E-state index contributed by atoms with van der Waals surface area (Å²) in [6, 6.07) is 0. The first-order chi connectivity index (χ1) is 9.73. The Bertz CT molecular complexity index is 609. The fraction of sp³-hybridized carbons (Fsp3) is 0.769. The van der Waals surface area contributed by atoms with Gasteiger partial charge < -0.3 is 10.5 Å². The second kappa shape index (κ2) is 4.75. The van der Waals surface area contributed by atoms with Crippen LogP contribution in [0.4, 0.5) is 0 Å². The molecule has 1 aliphatic heterocycles. The van der Waals surface area contributed by atoms with Crippen molar-refractivity contribution >= 4 is 16.3 Å². The highest BCUT2D eigenvalue weighted by Crippen LogP contribution is 2.32. The zero-order valence-corrected chi connectivity index (χ0v) is 12.2. The minimum atomic E-state index is -0.0556. The normalized spacial score (nSPS) is 25.8. The molecule has 1 aliphatic carbocycles. The van der Waals surface area contributed by atoms with Crippen LogP contribution >= 0.6 is 11.3 Å². The Labute approximate surface area is 121 Å². The summed E-state index contributed by atoms with van der Waals surface area (Å²) >= 11 is 1.62. The topological polar surface area (TPSA) is 78.3 Å². The summed E-state index contributed by atoms with van der Waals surface area (Å²) in [6.45, 7) is 1.54. The van der Waals surface area contributed by atoms with Crippen molar-refractivity contribution in [2.45, 2.75) is 50.0 Å². The summed E-state index contributed by atoms with van der Waals surface area (Å²) in [5.74, 6) is 1.27. The quantitative estimate of drug-likeness (QED) is 0.928. The van der Waals surface area contributed by atoms with Crippen LogP contribution in [0.3, 0.4) is 0 Å². The predicted octanol–water partition coefficient (Wildman–Crippen LogP) is 1.50. The van der Waals surface area contributed by atoms with Crippen molar-refractivity contribution in [3.63, 3.8) is 0 Å². The molecule has 108 valence electrons. The summed E-state index contributed by atoms with van der Waals surface area (Å²) in [5.41, 5.74) is 6.39. The molecule has 2 aromatic rings. The lowest BCUT2D eigenvalue weighted by molar-refractivity contribution is 0.193. The number of hydrogen-bond donors (Lipinski definition) is 1. The van der Waals surface area contributed by atoms with Gasteiger partial charge in [-0.1, -0.05) is 24.2 Å². The molecule has 6 nitrogen and oxygen atoms in total. The summed E-state index contributed by atoms with van der Waals surface area (Å²) < 4.78 is 7.34. The monoisotopic (exact) mass is 293 g/mol. The molecule has 2 aliphatic rings. The van der Waals surface area contributed by atoms with Gasteiger partial charge in [-0.3, -0.25) is 0 Å². The van der Waals surface area contributed by atoms with Crippen LogP contribution in [0.25, 0.3) is 4.96 Å². The molecule has 0 aromatic carbocycles. The molecule has 2 N–H and O–H groups in total. The number of aromatic nitrogens is 4. The Morgan fingerprint density at radius 1 is 1.35 bits per heavy atom. The lowest BCUT2D eigenvalue weighted by atomic mass is 9.95. The zero-order valence-electron chi connectivity index (χ0n) is 11.4. The van der Waals surface area contributed by atoms with Crippen molar-refractivity contribution in [2.24, 2.45) is 5.73 Å². The van der Waals surface area contributed by atoms with Crippen LogP contribution in [0.15, 0.2) is 0 Å². The average Bonchev–Trinajstić information content (AvgIpc) is 3.12. The Balaban J connectivity index is 1.62. The Kier molecular flexibility index (Phi) is 3.01. The molecule has 0 spiro atoms. The van der Waals surface area contributed by atoms with Gasteiger partial charge in [-0.15, -0.1) is 10.2 Å². The van der Waals surface area contributed by atoms with Gasteiger partial charge >= 0.3 is 0 Å². The molecule has 0 radical (unpaired) electrons. The number of hydrogen-bond acceptors (Lipinski definition) is 6. The summed E-state index contributed by atoms with van der Waals surface area (Å²) in [4.78, 5) is 0.878. The van der Waals surface area contributed by atoms with Gasteiger partial charge in [0.15, 0.2) is 5.82 Å². The van der Waals surface area contributed by atoms with Crippen LogP contribution < -0.4 is 5.73 Å². The van der Waals surface area contributed by atoms with Gasteiger partial charge in [-0.2, -0.15) is 9.61 Å². The van der Waals surface area contributed by atoms with E-state index < -0.39 is 0 Å². The van der Waals surface area contributed by atoms with Crippen LogP contribution in [-0.4, -0.2) is 38.6 Å². The van der Waals surface area contributed by atoms with E-state index >= 15 is 0 Å². The number of fused-ring (bicyclic) bond motifs is 1. The molecule has 2 aromatic heterocycles. The molecule has 7 heteroatoms. The molecule has 0 amide bonds. The van der Waals surface area contributed by atoms with E-state index in [9.17, 15) is 0 Å². The van der Waals surface area contributed by atoms with E-state index in [1.165, 1.54) is 12.8 Å². The van der Waals surface area contributed by atoms with Gasteiger partial charge in [0.05, 0.1) is 6.61 Å². The average molecular weight is 293 g/mol. The number of ether oxygens (including phenoxy) is 1. The molecular formula is C13H19N5OS. The highest BCUT2D eigenvalue weighted by Gasteiger charge is 2.31. The molecule has 1 unspecified atom stereocenters. The summed E-state index contributed by atoms with van der Waals surface area (Å²) in [7, 11) is 0. The fourth-order valence-electron chi connectivity index (χ4n) is 3.29. The zero-order chi connectivity index (χ0) is 13.6. The minimum absolute atomic E-state index is 0.0556. The molecule has 1 saturated heterocycles. The molecule has 1 atom stereocenters. The van der Waals surface area contributed by atoms with E-state index in [0.29, 0.717) is 5.92 Å². The highest BCUT2D eigenvalue weighted by molar-refractivity contribution is 7.16. The fourth-order valence-corrected chi connectivity index (χ4v) is 4.29. The van der Waals surface area contributed by atoms with Gasteiger partial charge in [-0.05, 0) is 19.3 Å². The molecule has 4 rings (SSSR count). The first kappa shape index (κ1) is 12.7. The predicted molar refractivity (Wildman–Crippen MR) is 75.9 cm³/mol. The van der Waals surface area contributed by atoms with Crippen molar-refractivity contribution in [3.05, 3.63) is 10.8 Å². The van der Waals surface area contributed by atoms with Crippen LogP contribution in [0.1, 0.15) is 48.9 Å². The van der Waals surface area contributed by atoms with Gasteiger partial charge in [0, 0.05) is 24.5 Å². The van der Waals surface area contributed by atoms with Crippen LogP contribution in [-0.2, 0) is 11.2 Å². The molecule has 0 bridgehead atoms. The van der Waals surface area contributed by atoms with E-state index in [2.05, 4.69) is 10.2 Å². The van der Waals surface area contributed by atoms with Crippen LogP contribution in [0.5, 0.6) is 0 Å². The highest BCUT2D eigenvalue weighted by atomic mass is 32.1. The maximum absolute atomic E-state index is 6.44. The molecule has 1 saturated carbocycles. The Morgan fingerprint density at radius 2 is 2.20 bits per heavy atom. The van der Waals surface area contributed by atoms with Gasteiger partial charge in [-0.25, -0.2) is 0 Å². The van der Waals surface area contributed by atoms with Crippen molar-refractivity contribution < 1.29 is 4.74 Å². The van der Waals surface area contributed by atoms with Crippen LogP contribution in [0.2, 0.25) is 0 Å². The molecule has 2 fully saturated rings. The first-order valence-electron chi connectivity index (χ1n) is 7.31. The maximum atomic E-state index is 6.44. The molecule has 3 heterocycles. The third-order valence-corrected chi connectivity index (χ3v) is 5.35. The smallest absolute Gasteiger partial charge is 0.234 e. The first-order valence-corrected chi connectivity index (χ1v) is 8.13. The number of rotatable bonds is 3. The van der Waals surface area contributed by atoms with Crippen molar-refractivity contribution in [1.29, 1.82) is 0 Å². The second-order valence-corrected chi connectivity index (χ2v) is 7.10. The van der Waals surface area contributed by atoms with E-state index in [1.807, 2.05) is 4.52 Å². The summed E-state index contributed by atoms with van der Waals surface area (Å²) in [5, 5.41) is 14.3. The maximum Gasteiger partial charge on any atom is 0.234 e. The van der Waals surface area contributed by atoms with E-state index in [4.69, 9.17) is 15.6 Å². The third kappa shape index (κ3) is 2.13. The van der Waals surface area contributed by atoms with Crippen molar-refractivity contribution in [2.75, 3.05) is 13.2 Å². The third-order valence-electron chi connectivity index (χ3n) is 4.45. The summed E-state index contributed by atoms with van der Waals surface area (Å²) in [6.07, 6.45) is 6.57. The van der Waals surface area contributed by atoms with Crippen LogP contribution in [0, 0.1) is 0 Å². The largest absolute Gasteiger partial charge is 0.381 e. The lowest BCUT2D eigenvalue weighted by Crippen LogP contribution is -2.38. The minimum Gasteiger partial charge on any atom is -0.381 e. The van der Waals surface area contributed by atoms with Gasteiger partial charge in [0.25, 0.3) is 0 Å². The molecule has 20 heavy (non-hydrogen) atoms. The lowest BCUT2D eigenvalue weighted by Gasteiger charge is -2.21. The van der Waals surface area contributed by atoms with E-state index in [1.54, 1.807) is 11.3 Å². The van der Waals surface area contributed by atoms with E-state index in [-0.39, 0.29) is 5.54 Å². The van der Waals surface area contributed by atoms with Gasteiger partial charge in [0.2, 0.25) is 4.96 Å².